The Morgan fingerprint density at radius 2 is 1.33 bits per heavy atom. The van der Waals surface area contributed by atoms with Crippen LogP contribution in [0.5, 0.6) is 0 Å². The third-order valence-corrected chi connectivity index (χ3v) is 11.2. The van der Waals surface area contributed by atoms with E-state index in [1.165, 1.54) is 18.7 Å². The van der Waals surface area contributed by atoms with E-state index in [1.54, 1.807) is 6.20 Å². The maximum Gasteiger partial charge on any atom is 0.329 e. The van der Waals surface area contributed by atoms with Gasteiger partial charge in [0, 0.05) is 30.1 Å². The number of aromatic amines is 1. The SMILES string of the molecule is CC(C)CCCCC[C@H]1CC(=O)N[C@H](C)C(=O)N[C@H](C)C(=O)N[C@@H](CC(C)C)C(=O)N2CCC[C@H]2C(=O)N[C@@H](CC(C)C)C(=O)N[C@@H](Cc2c[nH]c3ccccc23)C(=O)O1. The summed E-state index contributed by atoms with van der Waals surface area (Å²) in [4.78, 5) is 102. The van der Waals surface area contributed by atoms with Gasteiger partial charge in [0.05, 0.1) is 6.42 Å². The number of H-pyrrole nitrogens is 1. The lowest BCUT2D eigenvalue weighted by molar-refractivity contribution is -0.155. The molecule has 60 heavy (non-hydrogen) atoms. The van der Waals surface area contributed by atoms with Crippen molar-refractivity contribution < 1.29 is 38.3 Å². The summed E-state index contributed by atoms with van der Waals surface area (Å²) in [5.74, 6) is -3.50. The first-order valence-corrected chi connectivity index (χ1v) is 22.0. The van der Waals surface area contributed by atoms with Gasteiger partial charge in [-0.25, -0.2) is 4.79 Å². The van der Waals surface area contributed by atoms with Crippen LogP contribution in [0.25, 0.3) is 10.9 Å². The van der Waals surface area contributed by atoms with Crippen LogP contribution in [0.15, 0.2) is 30.5 Å². The maximum atomic E-state index is 14.3. The summed E-state index contributed by atoms with van der Waals surface area (Å²) in [6.07, 6.45) is 6.11. The third-order valence-electron chi connectivity index (χ3n) is 11.2. The van der Waals surface area contributed by atoms with Gasteiger partial charge >= 0.3 is 5.97 Å². The minimum absolute atomic E-state index is 0.000280. The Morgan fingerprint density at radius 3 is 2.03 bits per heavy atom. The molecule has 15 heteroatoms. The number of cyclic esters (lactones) is 1. The highest BCUT2D eigenvalue weighted by Gasteiger charge is 2.40. The lowest BCUT2D eigenvalue weighted by atomic mass is 10.00. The number of rotatable bonds is 12. The number of carbonyl (C=O) groups is 7. The predicted octanol–water partition coefficient (Wildman–Crippen LogP) is 4.18. The molecule has 2 saturated heterocycles. The predicted molar refractivity (Wildman–Crippen MR) is 229 cm³/mol. The molecule has 1 aromatic carbocycles. The molecular weight excluding hydrogens is 767 g/mol. The van der Waals surface area contributed by atoms with Crippen molar-refractivity contribution in [2.75, 3.05) is 6.54 Å². The first kappa shape index (κ1) is 47.7. The average molecular weight is 836 g/mol. The van der Waals surface area contributed by atoms with Crippen LogP contribution in [0.2, 0.25) is 0 Å². The van der Waals surface area contributed by atoms with Gasteiger partial charge in [-0.1, -0.05) is 79.0 Å². The lowest BCUT2D eigenvalue weighted by Crippen LogP contribution is -2.59. The van der Waals surface area contributed by atoms with Gasteiger partial charge in [-0.3, -0.25) is 28.8 Å². The number of hydrogen-bond acceptors (Lipinski definition) is 8. The smallest absolute Gasteiger partial charge is 0.329 e. The van der Waals surface area contributed by atoms with Crippen LogP contribution in [0, 0.1) is 17.8 Å². The zero-order valence-electron chi connectivity index (χ0n) is 36.9. The molecule has 332 valence electrons. The Labute approximate surface area is 355 Å². The van der Waals surface area contributed by atoms with Crippen LogP contribution in [-0.2, 0) is 44.7 Å². The monoisotopic (exact) mass is 836 g/mol. The molecule has 7 atom stereocenters. The van der Waals surface area contributed by atoms with E-state index in [0.717, 1.165) is 35.7 Å². The molecule has 0 spiro atoms. The van der Waals surface area contributed by atoms with Crippen molar-refractivity contribution in [3.8, 4) is 0 Å². The molecule has 0 unspecified atom stereocenters. The number of carbonyl (C=O) groups excluding carboxylic acids is 7. The van der Waals surface area contributed by atoms with E-state index < -0.39 is 83.8 Å². The minimum atomic E-state index is -1.19. The van der Waals surface area contributed by atoms with E-state index in [0.29, 0.717) is 31.6 Å². The molecule has 6 amide bonds. The molecule has 2 aliphatic rings. The van der Waals surface area contributed by atoms with Crippen LogP contribution in [-0.4, -0.2) is 100 Å². The van der Waals surface area contributed by atoms with E-state index in [2.05, 4.69) is 45.4 Å². The second kappa shape index (κ2) is 22.6. The Morgan fingerprint density at radius 1 is 0.700 bits per heavy atom. The summed E-state index contributed by atoms with van der Waals surface area (Å²) < 4.78 is 6.11. The summed E-state index contributed by atoms with van der Waals surface area (Å²) in [6.45, 7) is 15.2. The fourth-order valence-electron chi connectivity index (χ4n) is 7.98. The first-order valence-electron chi connectivity index (χ1n) is 22.0. The molecule has 4 rings (SSSR count). The Bertz CT molecular complexity index is 1810. The molecule has 2 aliphatic heterocycles. The van der Waals surface area contributed by atoms with Gasteiger partial charge in [-0.05, 0) is 81.8 Å². The average Bonchev–Trinajstić information content (AvgIpc) is 3.83. The fraction of sp³-hybridized carbons (Fsp3) is 0.667. The summed E-state index contributed by atoms with van der Waals surface area (Å²) in [6, 6.07) is 1.39. The number of aromatic nitrogens is 1. The molecule has 3 heterocycles. The third kappa shape index (κ3) is 14.1. The zero-order valence-corrected chi connectivity index (χ0v) is 36.9. The van der Waals surface area contributed by atoms with Crippen molar-refractivity contribution in [1.29, 1.82) is 0 Å². The van der Waals surface area contributed by atoms with Gasteiger partial charge in [0.1, 0.15) is 42.4 Å². The van der Waals surface area contributed by atoms with E-state index in [-0.39, 0.29) is 44.1 Å². The second-order valence-electron chi connectivity index (χ2n) is 18.0. The summed E-state index contributed by atoms with van der Waals surface area (Å²) in [7, 11) is 0. The van der Waals surface area contributed by atoms with Gasteiger partial charge in [0.25, 0.3) is 0 Å². The van der Waals surface area contributed by atoms with Gasteiger partial charge in [-0.2, -0.15) is 0 Å². The number of para-hydroxylation sites is 1. The number of hydrogen-bond donors (Lipinski definition) is 6. The van der Waals surface area contributed by atoms with Gasteiger partial charge < -0.3 is 41.2 Å². The zero-order chi connectivity index (χ0) is 44.1. The van der Waals surface area contributed by atoms with Crippen molar-refractivity contribution >= 4 is 52.3 Å². The van der Waals surface area contributed by atoms with Gasteiger partial charge in [0.15, 0.2) is 0 Å². The molecule has 0 bridgehead atoms. The fourth-order valence-corrected chi connectivity index (χ4v) is 7.98. The van der Waals surface area contributed by atoms with Crippen LogP contribution in [0.1, 0.15) is 125 Å². The molecule has 2 aromatic rings. The molecule has 6 N–H and O–H groups in total. The van der Waals surface area contributed by atoms with Crippen LogP contribution >= 0.6 is 0 Å². The summed E-state index contributed by atoms with van der Waals surface area (Å²) in [5.41, 5.74) is 1.61. The molecule has 15 nitrogen and oxygen atoms in total. The lowest BCUT2D eigenvalue weighted by Gasteiger charge is -2.31. The van der Waals surface area contributed by atoms with E-state index in [9.17, 15) is 33.6 Å². The topological polar surface area (TPSA) is 208 Å². The number of esters is 1. The molecule has 0 saturated carbocycles. The van der Waals surface area contributed by atoms with Crippen LogP contribution < -0.4 is 26.6 Å². The quantitative estimate of drug-likeness (QED) is 0.135. The molecule has 0 radical (unpaired) electrons. The van der Waals surface area contributed by atoms with E-state index >= 15 is 0 Å². The van der Waals surface area contributed by atoms with Gasteiger partial charge in [-0.15, -0.1) is 0 Å². The highest BCUT2D eigenvalue weighted by atomic mass is 16.5. The highest BCUT2D eigenvalue weighted by molar-refractivity contribution is 5.97. The Kier molecular flexibility index (Phi) is 18.0. The summed E-state index contributed by atoms with van der Waals surface area (Å²) >= 11 is 0. The number of benzene rings is 1. The van der Waals surface area contributed by atoms with Crippen LogP contribution in [0.3, 0.4) is 0 Å². The van der Waals surface area contributed by atoms with E-state index in [1.807, 2.05) is 52.0 Å². The van der Waals surface area contributed by atoms with Crippen molar-refractivity contribution in [3.05, 3.63) is 36.0 Å². The highest BCUT2D eigenvalue weighted by Crippen LogP contribution is 2.23. The number of unbranched alkanes of at least 4 members (excludes halogenated alkanes) is 2. The maximum absolute atomic E-state index is 14.3. The van der Waals surface area contributed by atoms with Crippen molar-refractivity contribution in [1.82, 2.24) is 36.5 Å². The normalized spacial score (nSPS) is 25.9. The van der Waals surface area contributed by atoms with E-state index in [4.69, 9.17) is 4.74 Å². The molecule has 2 fully saturated rings. The molecular formula is C45H69N7O8. The molecule has 0 aliphatic carbocycles. The van der Waals surface area contributed by atoms with Crippen molar-refractivity contribution in [2.24, 2.45) is 17.8 Å². The van der Waals surface area contributed by atoms with Gasteiger partial charge in [0.2, 0.25) is 35.4 Å². The number of nitrogens with one attached hydrogen (secondary N) is 6. The number of ether oxygens (including phenoxy) is 1. The van der Waals surface area contributed by atoms with Crippen molar-refractivity contribution in [3.63, 3.8) is 0 Å². The minimum Gasteiger partial charge on any atom is -0.460 e. The number of nitrogens with zero attached hydrogens (tertiary/aromatic N) is 1. The van der Waals surface area contributed by atoms with Crippen LogP contribution in [0.4, 0.5) is 0 Å². The first-order chi connectivity index (χ1) is 28.4. The number of fused-ring (bicyclic) bond motifs is 2. The summed E-state index contributed by atoms with van der Waals surface area (Å²) in [5, 5.41) is 14.8. The Balaban J connectivity index is 1.71. The van der Waals surface area contributed by atoms with Crippen molar-refractivity contribution in [2.45, 2.75) is 168 Å². The number of amides is 6. The second-order valence-corrected chi connectivity index (χ2v) is 18.0. The molecule has 1 aromatic heterocycles. The largest absolute Gasteiger partial charge is 0.460 e. The Hall–Kier alpha value is -4.95. The standard InChI is InChI=1S/C45H69N7O8/c1-26(2)15-10-9-11-16-32-24-39(53)47-29(7)40(54)48-30(8)41(55)50-36(22-28(5)6)44(58)52-20-14-19-38(52)43(57)49-35(21-27(3)4)42(56)51-37(45(59)60-32)23-31-25-46-34-18-13-12-17-33(31)34/h12-13,17-18,25-30,32,35-38,46H,9-11,14-16,19-24H2,1-8H3,(H,47,53)(H,48,54)(H,49,57)(H,50,55)(H,51,56)/t29-,30-,32+,35+,36+,37+,38+/m1/s1.